The first-order chi connectivity index (χ1) is 8.31. The van der Waals surface area contributed by atoms with Crippen molar-refractivity contribution < 1.29 is 0 Å². The summed E-state index contributed by atoms with van der Waals surface area (Å²) in [7, 11) is 0. The normalized spacial score (nSPS) is 15.1. The van der Waals surface area contributed by atoms with E-state index in [1.807, 2.05) is 11.3 Å². The number of nitrogens with one attached hydrogen (secondary N) is 1. The molecule has 0 saturated carbocycles. The van der Waals surface area contributed by atoms with Crippen molar-refractivity contribution in [1.29, 1.82) is 0 Å². The summed E-state index contributed by atoms with van der Waals surface area (Å²) in [5.41, 5.74) is 3.02. The van der Waals surface area contributed by atoms with Gasteiger partial charge in [0.2, 0.25) is 0 Å². The summed E-state index contributed by atoms with van der Waals surface area (Å²) < 4.78 is 1.19. The van der Waals surface area contributed by atoms with Gasteiger partial charge >= 0.3 is 0 Å². The van der Waals surface area contributed by atoms with Crippen molar-refractivity contribution in [3.05, 3.63) is 56.2 Å². The number of fused-ring (bicyclic) bond motifs is 1. The number of halogens is 1. The van der Waals surface area contributed by atoms with E-state index in [1.54, 1.807) is 0 Å². The molecule has 2 aromatic rings. The maximum atomic E-state index is 3.65. The summed E-state index contributed by atoms with van der Waals surface area (Å²) in [6.07, 6.45) is 2.34. The van der Waals surface area contributed by atoms with Gasteiger partial charge in [0.05, 0.1) is 0 Å². The molecular formula is C14H14BrNS. The molecule has 1 aromatic heterocycles. The van der Waals surface area contributed by atoms with E-state index in [2.05, 4.69) is 57.0 Å². The Morgan fingerprint density at radius 1 is 1.24 bits per heavy atom. The fourth-order valence-electron chi connectivity index (χ4n) is 2.39. The molecule has 0 atom stereocenters. The lowest BCUT2D eigenvalue weighted by Gasteiger charge is -2.10. The molecule has 0 radical (unpaired) electrons. The van der Waals surface area contributed by atoms with Crippen LogP contribution in [0.4, 0.5) is 0 Å². The molecule has 0 aliphatic heterocycles. The minimum absolute atomic E-state index is 0.605. The third-order valence-electron chi connectivity index (χ3n) is 3.24. The predicted molar refractivity (Wildman–Crippen MR) is 76.5 cm³/mol. The van der Waals surface area contributed by atoms with E-state index in [9.17, 15) is 0 Å². The molecule has 0 saturated heterocycles. The van der Waals surface area contributed by atoms with Gasteiger partial charge in [-0.25, -0.2) is 0 Å². The van der Waals surface area contributed by atoms with Gasteiger partial charge in [-0.05, 0) is 46.0 Å². The molecule has 1 N–H and O–H groups in total. The third-order valence-corrected chi connectivity index (χ3v) is 4.94. The van der Waals surface area contributed by atoms with Gasteiger partial charge < -0.3 is 5.32 Å². The van der Waals surface area contributed by atoms with Crippen LogP contribution in [0, 0.1) is 0 Å². The first kappa shape index (κ1) is 11.5. The zero-order chi connectivity index (χ0) is 11.7. The van der Waals surface area contributed by atoms with E-state index < -0.39 is 0 Å². The van der Waals surface area contributed by atoms with E-state index >= 15 is 0 Å². The zero-order valence-corrected chi connectivity index (χ0v) is 11.9. The van der Waals surface area contributed by atoms with E-state index in [-0.39, 0.29) is 0 Å². The predicted octanol–water partition coefficient (Wildman–Crippen LogP) is 3.77. The smallest absolute Gasteiger partial charge is 0.0302 e. The molecule has 0 bridgehead atoms. The number of rotatable bonds is 3. The fourth-order valence-corrected chi connectivity index (χ4v) is 3.80. The molecule has 3 heteroatoms. The molecule has 88 valence electrons. The van der Waals surface area contributed by atoms with Crippen LogP contribution in [0.15, 0.2) is 40.2 Å². The van der Waals surface area contributed by atoms with Crippen molar-refractivity contribution in [1.82, 2.24) is 5.32 Å². The Morgan fingerprint density at radius 3 is 2.53 bits per heavy atom. The first-order valence-electron chi connectivity index (χ1n) is 5.84. The van der Waals surface area contributed by atoms with Crippen molar-refractivity contribution in [3.63, 3.8) is 0 Å². The highest BCUT2D eigenvalue weighted by molar-refractivity contribution is 9.10. The first-order valence-corrected chi connectivity index (χ1v) is 7.51. The summed E-state index contributed by atoms with van der Waals surface area (Å²) in [6, 6.07) is 11.6. The van der Waals surface area contributed by atoms with E-state index in [0.717, 1.165) is 6.54 Å². The van der Waals surface area contributed by atoms with Gasteiger partial charge in [-0.3, -0.25) is 0 Å². The van der Waals surface area contributed by atoms with Crippen molar-refractivity contribution in [2.24, 2.45) is 0 Å². The Balaban J connectivity index is 1.59. The highest BCUT2D eigenvalue weighted by atomic mass is 79.9. The highest BCUT2D eigenvalue weighted by Crippen LogP contribution is 2.23. The molecule has 0 spiro atoms. The maximum absolute atomic E-state index is 3.65. The summed E-state index contributed by atoms with van der Waals surface area (Å²) in [5, 5.41) is 5.79. The highest BCUT2D eigenvalue weighted by Gasteiger charge is 2.20. The molecule has 17 heavy (non-hydrogen) atoms. The van der Waals surface area contributed by atoms with Crippen LogP contribution in [0.3, 0.4) is 0 Å². The summed E-state index contributed by atoms with van der Waals surface area (Å²) in [6.45, 7) is 0.981. The average molecular weight is 308 g/mol. The average Bonchev–Trinajstić information content (AvgIpc) is 2.91. The van der Waals surface area contributed by atoms with Gasteiger partial charge in [0.25, 0.3) is 0 Å². The minimum atomic E-state index is 0.605. The van der Waals surface area contributed by atoms with E-state index in [0.29, 0.717) is 6.04 Å². The van der Waals surface area contributed by atoms with Crippen LogP contribution in [-0.4, -0.2) is 6.04 Å². The lowest BCUT2D eigenvalue weighted by atomic mass is 10.1. The molecule has 1 aliphatic rings. The summed E-state index contributed by atoms with van der Waals surface area (Å²) >= 11 is 5.30. The van der Waals surface area contributed by atoms with Crippen LogP contribution in [0.1, 0.15) is 16.0 Å². The molecule has 1 aliphatic carbocycles. The number of hydrogen-bond acceptors (Lipinski definition) is 2. The minimum Gasteiger partial charge on any atom is -0.308 e. The quantitative estimate of drug-likeness (QED) is 0.910. The van der Waals surface area contributed by atoms with Crippen molar-refractivity contribution in [2.75, 3.05) is 0 Å². The molecular weight excluding hydrogens is 294 g/mol. The Labute approximate surface area is 114 Å². The Morgan fingerprint density at radius 2 is 1.94 bits per heavy atom. The Hall–Kier alpha value is -0.640. The van der Waals surface area contributed by atoms with Crippen LogP contribution < -0.4 is 5.32 Å². The molecule has 1 heterocycles. The lowest BCUT2D eigenvalue weighted by molar-refractivity contribution is 0.536. The Kier molecular flexibility index (Phi) is 3.32. The Bertz CT molecular complexity index is 495. The summed E-state index contributed by atoms with van der Waals surface area (Å²) in [5.74, 6) is 0. The third kappa shape index (κ3) is 2.62. The standard InChI is InChI=1S/C14H14BrNS/c15-12-7-14(17-9-12)8-16-13-5-10-3-1-2-4-11(10)6-13/h1-4,7,9,13,16H,5-6,8H2. The largest absolute Gasteiger partial charge is 0.308 e. The van der Waals surface area contributed by atoms with Crippen LogP contribution >= 0.6 is 27.3 Å². The molecule has 0 amide bonds. The van der Waals surface area contributed by atoms with Crippen LogP contribution in [0.2, 0.25) is 0 Å². The number of benzene rings is 1. The molecule has 0 unspecified atom stereocenters. The molecule has 1 aromatic carbocycles. The molecule has 1 nitrogen and oxygen atoms in total. The van der Waals surface area contributed by atoms with Crippen LogP contribution in [0.5, 0.6) is 0 Å². The van der Waals surface area contributed by atoms with E-state index in [1.165, 1.54) is 33.3 Å². The maximum Gasteiger partial charge on any atom is 0.0302 e. The topological polar surface area (TPSA) is 12.0 Å². The van der Waals surface area contributed by atoms with Crippen LogP contribution in [0.25, 0.3) is 0 Å². The second-order valence-electron chi connectivity index (χ2n) is 4.49. The second-order valence-corrected chi connectivity index (χ2v) is 6.40. The number of hydrogen-bond donors (Lipinski definition) is 1. The van der Waals surface area contributed by atoms with Gasteiger partial charge in [0.15, 0.2) is 0 Å². The summed E-state index contributed by atoms with van der Waals surface area (Å²) in [4.78, 5) is 1.40. The van der Waals surface area contributed by atoms with Crippen molar-refractivity contribution in [2.45, 2.75) is 25.4 Å². The van der Waals surface area contributed by atoms with Gasteiger partial charge in [-0.15, -0.1) is 11.3 Å². The monoisotopic (exact) mass is 307 g/mol. The fraction of sp³-hybridized carbons (Fsp3) is 0.286. The number of thiophene rings is 1. The van der Waals surface area contributed by atoms with Gasteiger partial charge in [-0.1, -0.05) is 24.3 Å². The van der Waals surface area contributed by atoms with Gasteiger partial charge in [-0.2, -0.15) is 0 Å². The SMILES string of the molecule is Brc1csc(CNC2Cc3ccccc3C2)c1. The second kappa shape index (κ2) is 4.92. The molecule has 3 rings (SSSR count). The zero-order valence-electron chi connectivity index (χ0n) is 9.45. The van der Waals surface area contributed by atoms with Gasteiger partial charge in [0.1, 0.15) is 0 Å². The van der Waals surface area contributed by atoms with Gasteiger partial charge in [0, 0.05) is 27.3 Å². The van der Waals surface area contributed by atoms with E-state index in [4.69, 9.17) is 0 Å². The lowest BCUT2D eigenvalue weighted by Crippen LogP contribution is -2.28. The van der Waals surface area contributed by atoms with Crippen LogP contribution in [-0.2, 0) is 19.4 Å². The molecule has 0 fully saturated rings. The van der Waals surface area contributed by atoms with Crippen molar-refractivity contribution >= 4 is 27.3 Å². The van der Waals surface area contributed by atoms with Crippen molar-refractivity contribution in [3.8, 4) is 0 Å².